The van der Waals surface area contributed by atoms with E-state index in [-0.39, 0.29) is 6.54 Å². The van der Waals surface area contributed by atoms with Crippen molar-refractivity contribution in [1.29, 1.82) is 0 Å². The summed E-state index contributed by atoms with van der Waals surface area (Å²) in [5.74, 6) is 0. The Morgan fingerprint density at radius 2 is 2.38 bits per heavy atom. The Labute approximate surface area is 76.9 Å². The Kier molecular flexibility index (Phi) is 3.02. The number of rotatable bonds is 4. The third kappa shape index (κ3) is 4.02. The van der Waals surface area contributed by atoms with Crippen molar-refractivity contribution in [1.82, 2.24) is 14.5 Å². The molecule has 1 heterocycles. The van der Waals surface area contributed by atoms with Gasteiger partial charge >= 0.3 is 0 Å². The fraction of sp³-hybridized carbons (Fsp3) is 0.500. The first kappa shape index (κ1) is 10.2. The molecule has 3 N–H and O–H groups in total. The highest BCUT2D eigenvalue weighted by Gasteiger charge is 2.01. The third-order valence-electron chi connectivity index (χ3n) is 1.45. The number of hydrogen-bond acceptors (Lipinski definition) is 3. The maximum absolute atomic E-state index is 10.5. The van der Waals surface area contributed by atoms with Gasteiger partial charge in [0.15, 0.2) is 0 Å². The molecule has 0 atom stereocenters. The van der Waals surface area contributed by atoms with Crippen molar-refractivity contribution in [3.63, 3.8) is 0 Å². The van der Waals surface area contributed by atoms with Crippen LogP contribution in [0.1, 0.15) is 5.69 Å². The van der Waals surface area contributed by atoms with Crippen molar-refractivity contribution in [2.45, 2.75) is 6.42 Å². The summed E-state index contributed by atoms with van der Waals surface area (Å²) in [5.41, 5.74) is 0.832. The van der Waals surface area contributed by atoms with E-state index in [4.69, 9.17) is 5.14 Å². The lowest BCUT2D eigenvalue weighted by molar-refractivity contribution is 0.582. The van der Waals surface area contributed by atoms with Gasteiger partial charge in [-0.15, -0.1) is 0 Å². The number of aryl methyl sites for hydroxylation is 1. The summed E-state index contributed by atoms with van der Waals surface area (Å²) in [6.45, 7) is 0.274. The molecule has 7 heteroatoms. The van der Waals surface area contributed by atoms with Crippen LogP contribution in [-0.4, -0.2) is 24.7 Å². The molecule has 74 valence electrons. The molecular weight excluding hydrogens is 192 g/mol. The highest BCUT2D eigenvalue weighted by atomic mass is 32.2. The summed E-state index contributed by atoms with van der Waals surface area (Å²) >= 11 is 0. The molecule has 0 spiro atoms. The van der Waals surface area contributed by atoms with Gasteiger partial charge < -0.3 is 0 Å². The highest BCUT2D eigenvalue weighted by molar-refractivity contribution is 7.87. The van der Waals surface area contributed by atoms with E-state index in [0.29, 0.717) is 6.42 Å². The first-order chi connectivity index (χ1) is 5.97. The average molecular weight is 204 g/mol. The second-order valence-corrected chi connectivity index (χ2v) is 4.05. The predicted octanol–water partition coefficient (Wildman–Crippen LogP) is -1.24. The molecule has 0 unspecified atom stereocenters. The van der Waals surface area contributed by atoms with E-state index in [1.165, 1.54) is 0 Å². The molecule has 1 rings (SSSR count). The van der Waals surface area contributed by atoms with Gasteiger partial charge in [-0.3, -0.25) is 4.68 Å². The van der Waals surface area contributed by atoms with E-state index < -0.39 is 10.2 Å². The number of nitrogens with zero attached hydrogens (tertiary/aromatic N) is 2. The molecule has 1 aromatic heterocycles. The molecule has 0 bridgehead atoms. The molecule has 0 saturated carbocycles. The molecule has 0 amide bonds. The van der Waals surface area contributed by atoms with Crippen molar-refractivity contribution in [3.05, 3.63) is 18.0 Å². The van der Waals surface area contributed by atoms with E-state index >= 15 is 0 Å². The molecule has 0 aromatic carbocycles. The molecule has 0 radical (unpaired) electrons. The summed E-state index contributed by atoms with van der Waals surface area (Å²) in [7, 11) is -1.77. The molecule has 0 fully saturated rings. The standard InChI is InChI=1S/C6H12N4O2S/c1-10-5-3-6(9-10)2-4-8-13(7,11)12/h3,5,8H,2,4H2,1H3,(H2,7,11,12). The molecule has 0 aliphatic rings. The zero-order valence-corrected chi connectivity index (χ0v) is 8.08. The predicted molar refractivity (Wildman–Crippen MR) is 48.0 cm³/mol. The fourth-order valence-electron chi connectivity index (χ4n) is 0.918. The lowest BCUT2D eigenvalue weighted by atomic mass is 10.3. The second-order valence-electron chi connectivity index (χ2n) is 2.67. The van der Waals surface area contributed by atoms with Gasteiger partial charge in [-0.1, -0.05) is 0 Å². The smallest absolute Gasteiger partial charge is 0.274 e. The van der Waals surface area contributed by atoms with E-state index in [2.05, 4.69) is 9.82 Å². The van der Waals surface area contributed by atoms with E-state index in [1.54, 1.807) is 17.9 Å². The van der Waals surface area contributed by atoms with Crippen LogP contribution in [0.2, 0.25) is 0 Å². The van der Waals surface area contributed by atoms with Gasteiger partial charge in [-0.2, -0.15) is 13.5 Å². The van der Waals surface area contributed by atoms with Gasteiger partial charge in [0, 0.05) is 26.2 Å². The Hall–Kier alpha value is -0.920. The molecule has 6 nitrogen and oxygen atoms in total. The van der Waals surface area contributed by atoms with Crippen molar-refractivity contribution >= 4 is 10.2 Å². The van der Waals surface area contributed by atoms with Crippen LogP contribution in [0.5, 0.6) is 0 Å². The van der Waals surface area contributed by atoms with E-state index in [0.717, 1.165) is 5.69 Å². The van der Waals surface area contributed by atoms with Crippen LogP contribution in [0.4, 0.5) is 0 Å². The van der Waals surface area contributed by atoms with Gasteiger partial charge in [0.05, 0.1) is 5.69 Å². The van der Waals surface area contributed by atoms with Gasteiger partial charge in [0.25, 0.3) is 10.2 Å². The SMILES string of the molecule is Cn1ccc(CCNS(N)(=O)=O)n1. The van der Waals surface area contributed by atoms with Crippen LogP contribution >= 0.6 is 0 Å². The molecule has 13 heavy (non-hydrogen) atoms. The van der Waals surface area contributed by atoms with Gasteiger partial charge in [-0.05, 0) is 6.07 Å². The fourth-order valence-corrected chi connectivity index (χ4v) is 1.30. The minimum atomic E-state index is -3.57. The number of hydrogen-bond donors (Lipinski definition) is 2. The Morgan fingerprint density at radius 3 is 2.85 bits per heavy atom. The summed E-state index contributed by atoms with van der Waals surface area (Å²) in [4.78, 5) is 0. The second kappa shape index (κ2) is 3.86. The van der Waals surface area contributed by atoms with Crippen LogP contribution in [0, 0.1) is 0 Å². The molecular formula is C6H12N4O2S. The van der Waals surface area contributed by atoms with Gasteiger partial charge in [0.1, 0.15) is 0 Å². The summed E-state index contributed by atoms with van der Waals surface area (Å²) in [5, 5.41) is 8.81. The minimum Gasteiger partial charge on any atom is -0.276 e. The van der Waals surface area contributed by atoms with Gasteiger partial charge in [0.2, 0.25) is 0 Å². The summed E-state index contributed by atoms with van der Waals surface area (Å²) in [6, 6.07) is 1.82. The topological polar surface area (TPSA) is 90.0 Å². The molecule has 0 aliphatic heterocycles. The zero-order valence-electron chi connectivity index (χ0n) is 7.27. The lowest BCUT2D eigenvalue weighted by Gasteiger charge is -1.98. The lowest BCUT2D eigenvalue weighted by Crippen LogP contribution is -2.32. The van der Waals surface area contributed by atoms with Crippen molar-refractivity contribution in [2.24, 2.45) is 12.2 Å². The Balaban J connectivity index is 2.36. The van der Waals surface area contributed by atoms with Gasteiger partial charge in [-0.25, -0.2) is 9.86 Å². The highest BCUT2D eigenvalue weighted by Crippen LogP contribution is 1.93. The first-order valence-electron chi connectivity index (χ1n) is 3.73. The van der Waals surface area contributed by atoms with Crippen LogP contribution in [0.3, 0.4) is 0 Å². The Morgan fingerprint density at radius 1 is 1.69 bits per heavy atom. The van der Waals surface area contributed by atoms with Crippen LogP contribution < -0.4 is 9.86 Å². The van der Waals surface area contributed by atoms with Crippen molar-refractivity contribution in [3.8, 4) is 0 Å². The number of nitrogens with one attached hydrogen (secondary N) is 1. The van der Waals surface area contributed by atoms with E-state index in [9.17, 15) is 8.42 Å². The van der Waals surface area contributed by atoms with Crippen molar-refractivity contribution < 1.29 is 8.42 Å². The third-order valence-corrected chi connectivity index (χ3v) is 2.06. The van der Waals surface area contributed by atoms with Crippen LogP contribution in [0.15, 0.2) is 12.3 Å². The number of nitrogens with two attached hydrogens (primary N) is 1. The first-order valence-corrected chi connectivity index (χ1v) is 5.28. The average Bonchev–Trinajstić information content (AvgIpc) is 2.33. The maximum Gasteiger partial charge on any atom is 0.274 e. The molecule has 0 aliphatic carbocycles. The summed E-state index contributed by atoms with van der Waals surface area (Å²) < 4.78 is 24.8. The molecule has 1 aromatic rings. The largest absolute Gasteiger partial charge is 0.276 e. The number of aromatic nitrogens is 2. The Bertz CT molecular complexity index is 370. The monoisotopic (exact) mass is 204 g/mol. The molecule has 0 saturated heterocycles. The quantitative estimate of drug-likeness (QED) is 0.642. The van der Waals surface area contributed by atoms with E-state index in [1.807, 2.05) is 6.07 Å². The van der Waals surface area contributed by atoms with Crippen LogP contribution in [-0.2, 0) is 23.7 Å². The van der Waals surface area contributed by atoms with Crippen LogP contribution in [0.25, 0.3) is 0 Å². The zero-order chi connectivity index (χ0) is 9.90. The van der Waals surface area contributed by atoms with Crippen molar-refractivity contribution in [2.75, 3.05) is 6.54 Å². The summed E-state index contributed by atoms with van der Waals surface area (Å²) in [6.07, 6.45) is 2.34. The minimum absolute atomic E-state index is 0.274. The maximum atomic E-state index is 10.5. The normalized spacial score (nSPS) is 11.8.